The summed E-state index contributed by atoms with van der Waals surface area (Å²) < 4.78 is 5.56. The van der Waals surface area contributed by atoms with Gasteiger partial charge >= 0.3 is 0 Å². The van der Waals surface area contributed by atoms with E-state index in [4.69, 9.17) is 4.74 Å². The molecule has 0 aromatic heterocycles. The molecule has 0 N–H and O–H groups in total. The minimum atomic E-state index is -0.0696. The maximum Gasteiger partial charge on any atom is 0.265 e. The van der Waals surface area contributed by atoms with E-state index in [9.17, 15) is 9.59 Å². The van der Waals surface area contributed by atoms with Crippen molar-refractivity contribution in [2.24, 2.45) is 5.92 Å². The molecule has 1 saturated heterocycles. The first-order chi connectivity index (χ1) is 13.5. The third kappa shape index (κ3) is 3.75. The van der Waals surface area contributed by atoms with Crippen LogP contribution in [0.5, 0.6) is 5.75 Å². The largest absolute Gasteiger partial charge is 0.482 e. The lowest BCUT2D eigenvalue weighted by atomic mass is 9.98. The molecule has 0 radical (unpaired) electrons. The Balaban J connectivity index is 1.55. The van der Waals surface area contributed by atoms with Crippen molar-refractivity contribution in [2.75, 3.05) is 24.6 Å². The number of aryl methyl sites for hydroxylation is 1. The molecule has 2 aromatic carbocycles. The molecule has 4 rings (SSSR count). The van der Waals surface area contributed by atoms with Gasteiger partial charge in [0.15, 0.2) is 6.61 Å². The molecule has 0 saturated carbocycles. The average Bonchev–Trinajstić information content (AvgIpc) is 2.70. The lowest BCUT2D eigenvalue weighted by Crippen LogP contribution is -2.39. The highest BCUT2D eigenvalue weighted by atomic mass is 16.5. The monoisotopic (exact) mass is 378 g/mol. The van der Waals surface area contributed by atoms with Crippen LogP contribution >= 0.6 is 0 Å². The number of amides is 2. The van der Waals surface area contributed by atoms with Crippen molar-refractivity contribution in [1.29, 1.82) is 0 Å². The summed E-state index contributed by atoms with van der Waals surface area (Å²) in [4.78, 5) is 29.1. The molecule has 28 heavy (non-hydrogen) atoms. The van der Waals surface area contributed by atoms with E-state index in [1.807, 2.05) is 54.3 Å². The minimum absolute atomic E-state index is 0.0423. The summed E-state index contributed by atoms with van der Waals surface area (Å²) in [6, 6.07) is 13.5. The standard InChI is InChI=1S/C23H26N2O3/c1-16-8-10-24(11-9-16)23(27)19-5-3-4-18(13-19)14-25-20-12-17(2)6-7-21(20)28-15-22(25)26/h3-7,12-13,16H,8-11,14-15H2,1-2H3. The zero-order valence-corrected chi connectivity index (χ0v) is 16.5. The van der Waals surface area contributed by atoms with E-state index < -0.39 is 0 Å². The predicted molar refractivity (Wildman–Crippen MR) is 109 cm³/mol. The highest BCUT2D eigenvalue weighted by molar-refractivity contribution is 5.98. The van der Waals surface area contributed by atoms with Crippen molar-refractivity contribution in [3.8, 4) is 5.75 Å². The van der Waals surface area contributed by atoms with E-state index in [0.717, 1.165) is 48.5 Å². The summed E-state index contributed by atoms with van der Waals surface area (Å²) in [6.45, 7) is 6.34. The lowest BCUT2D eigenvalue weighted by Gasteiger charge is -2.31. The van der Waals surface area contributed by atoms with Gasteiger partial charge in [-0.05, 0) is 61.1 Å². The van der Waals surface area contributed by atoms with Crippen LogP contribution in [-0.2, 0) is 11.3 Å². The van der Waals surface area contributed by atoms with Gasteiger partial charge in [-0.25, -0.2) is 0 Å². The number of ether oxygens (including phenoxy) is 1. The van der Waals surface area contributed by atoms with Gasteiger partial charge in [0.2, 0.25) is 0 Å². The van der Waals surface area contributed by atoms with Crippen molar-refractivity contribution in [2.45, 2.75) is 33.2 Å². The Morgan fingerprint density at radius 1 is 1.14 bits per heavy atom. The number of anilines is 1. The number of carbonyl (C=O) groups is 2. The van der Waals surface area contributed by atoms with Gasteiger partial charge in [-0.15, -0.1) is 0 Å². The second-order valence-electron chi connectivity index (χ2n) is 7.91. The maximum absolute atomic E-state index is 12.9. The Labute approximate surface area is 165 Å². The van der Waals surface area contributed by atoms with Gasteiger partial charge in [-0.1, -0.05) is 25.1 Å². The molecule has 0 atom stereocenters. The van der Waals surface area contributed by atoms with Crippen LogP contribution in [0.25, 0.3) is 0 Å². The van der Waals surface area contributed by atoms with Gasteiger partial charge in [0, 0.05) is 18.7 Å². The first-order valence-corrected chi connectivity index (χ1v) is 9.93. The van der Waals surface area contributed by atoms with Crippen molar-refractivity contribution in [1.82, 2.24) is 4.90 Å². The predicted octanol–water partition coefficient (Wildman–Crippen LogP) is 3.79. The Hall–Kier alpha value is -2.82. The molecule has 0 aliphatic carbocycles. The molecule has 0 spiro atoms. The molecular formula is C23H26N2O3. The molecule has 2 aliphatic heterocycles. The fraction of sp³-hybridized carbons (Fsp3) is 0.391. The fourth-order valence-electron chi connectivity index (χ4n) is 3.87. The quantitative estimate of drug-likeness (QED) is 0.816. The van der Waals surface area contributed by atoms with Crippen LogP contribution in [0.2, 0.25) is 0 Å². The average molecular weight is 378 g/mol. The molecule has 1 fully saturated rings. The van der Waals surface area contributed by atoms with Crippen LogP contribution in [0.3, 0.4) is 0 Å². The summed E-state index contributed by atoms with van der Waals surface area (Å²) in [5, 5.41) is 0. The normalized spacial score (nSPS) is 17.3. The summed E-state index contributed by atoms with van der Waals surface area (Å²) in [6.07, 6.45) is 2.12. The number of likely N-dealkylation sites (tertiary alicyclic amines) is 1. The second-order valence-corrected chi connectivity index (χ2v) is 7.91. The van der Waals surface area contributed by atoms with Crippen LogP contribution < -0.4 is 9.64 Å². The summed E-state index contributed by atoms with van der Waals surface area (Å²) in [7, 11) is 0. The summed E-state index contributed by atoms with van der Waals surface area (Å²) >= 11 is 0. The number of hydrogen-bond donors (Lipinski definition) is 0. The topological polar surface area (TPSA) is 49.9 Å². The molecule has 5 heteroatoms. The summed E-state index contributed by atoms with van der Waals surface area (Å²) in [5.41, 5.74) is 3.50. The Morgan fingerprint density at radius 3 is 2.71 bits per heavy atom. The van der Waals surface area contributed by atoms with Gasteiger partial charge in [-0.3, -0.25) is 9.59 Å². The molecule has 2 aromatic rings. The van der Waals surface area contributed by atoms with Crippen LogP contribution in [0.1, 0.15) is 41.3 Å². The third-order valence-electron chi connectivity index (χ3n) is 5.64. The zero-order valence-electron chi connectivity index (χ0n) is 16.5. The maximum atomic E-state index is 12.9. The molecule has 5 nitrogen and oxygen atoms in total. The van der Waals surface area contributed by atoms with Gasteiger partial charge in [0.25, 0.3) is 11.8 Å². The summed E-state index contributed by atoms with van der Waals surface area (Å²) in [5.74, 6) is 1.42. The van der Waals surface area contributed by atoms with Crippen molar-refractivity contribution in [3.63, 3.8) is 0 Å². The number of piperidine rings is 1. The highest BCUT2D eigenvalue weighted by Crippen LogP contribution is 2.34. The molecule has 2 heterocycles. The molecule has 146 valence electrons. The second kappa shape index (κ2) is 7.66. The molecule has 0 bridgehead atoms. The van der Waals surface area contributed by atoms with E-state index in [0.29, 0.717) is 18.0 Å². The molecule has 2 aliphatic rings. The van der Waals surface area contributed by atoms with Crippen LogP contribution in [0.15, 0.2) is 42.5 Å². The van der Waals surface area contributed by atoms with Crippen LogP contribution in [0, 0.1) is 12.8 Å². The highest BCUT2D eigenvalue weighted by Gasteiger charge is 2.26. The Morgan fingerprint density at radius 2 is 1.93 bits per heavy atom. The van der Waals surface area contributed by atoms with E-state index in [1.165, 1.54) is 0 Å². The van der Waals surface area contributed by atoms with Crippen molar-refractivity contribution in [3.05, 3.63) is 59.2 Å². The fourth-order valence-corrected chi connectivity index (χ4v) is 3.87. The molecule has 2 amide bonds. The minimum Gasteiger partial charge on any atom is -0.482 e. The van der Waals surface area contributed by atoms with Gasteiger partial charge < -0.3 is 14.5 Å². The van der Waals surface area contributed by atoms with E-state index in [-0.39, 0.29) is 18.4 Å². The lowest BCUT2D eigenvalue weighted by molar-refractivity contribution is -0.121. The van der Waals surface area contributed by atoms with E-state index >= 15 is 0 Å². The number of fused-ring (bicyclic) bond motifs is 1. The van der Waals surface area contributed by atoms with Gasteiger partial charge in [0.05, 0.1) is 12.2 Å². The van der Waals surface area contributed by atoms with Crippen molar-refractivity contribution < 1.29 is 14.3 Å². The number of hydrogen-bond acceptors (Lipinski definition) is 3. The Kier molecular flexibility index (Phi) is 5.07. The first kappa shape index (κ1) is 18.5. The van der Waals surface area contributed by atoms with E-state index in [2.05, 4.69) is 6.92 Å². The zero-order chi connectivity index (χ0) is 19.7. The number of benzene rings is 2. The Bertz CT molecular complexity index is 900. The first-order valence-electron chi connectivity index (χ1n) is 9.93. The van der Waals surface area contributed by atoms with E-state index in [1.54, 1.807) is 4.90 Å². The van der Waals surface area contributed by atoms with Crippen LogP contribution in [0.4, 0.5) is 5.69 Å². The smallest absolute Gasteiger partial charge is 0.265 e. The van der Waals surface area contributed by atoms with Gasteiger partial charge in [-0.2, -0.15) is 0 Å². The number of nitrogens with zero attached hydrogens (tertiary/aromatic N) is 2. The SMILES string of the molecule is Cc1ccc2c(c1)N(Cc1cccc(C(=O)N3CCC(C)CC3)c1)C(=O)CO2. The third-order valence-corrected chi connectivity index (χ3v) is 5.64. The van der Waals surface area contributed by atoms with Crippen molar-refractivity contribution >= 4 is 17.5 Å². The number of carbonyl (C=O) groups excluding carboxylic acids is 2. The molecular weight excluding hydrogens is 352 g/mol. The number of rotatable bonds is 3. The van der Waals surface area contributed by atoms with Gasteiger partial charge in [0.1, 0.15) is 5.75 Å². The molecule has 0 unspecified atom stereocenters. The van der Waals surface area contributed by atoms with Crippen LogP contribution in [-0.4, -0.2) is 36.4 Å².